The Morgan fingerprint density at radius 1 is 0.386 bits per heavy atom. The average molecular weight is 748 g/mol. The van der Waals surface area contributed by atoms with Crippen LogP contribution in [0.5, 0.6) is 0 Å². The summed E-state index contributed by atoms with van der Waals surface area (Å²) in [4.78, 5) is 2.43. The number of hydrogen-bond acceptors (Lipinski definition) is 2. The quantitative estimate of drug-likeness (QED) is 0.178. The highest BCUT2D eigenvalue weighted by atomic mass is 16.3. The Kier molecular flexibility index (Phi) is 7.62. The van der Waals surface area contributed by atoms with E-state index in [4.69, 9.17) is 4.42 Å². The number of benzene rings is 6. The van der Waals surface area contributed by atoms with Gasteiger partial charge in [-0.1, -0.05) is 124 Å². The standard InChI is InChI=1S/C55H57NO/c1-51(2)24-26-53(5,6)47-32-44-41(30-45(47)51)39-22-20-37(28-43(39)55(44,9)10)56(36-18-16-35(17-19-36)34-14-12-11-13-15-34)38-21-23-40-42-31-46-48(33-50(42)57-49(40)29-38)54(7,8)27-25-52(46,3)4/h11-23,28-33H,24-27H2,1-10H3. The molecule has 0 radical (unpaired) electrons. The molecule has 0 spiro atoms. The lowest BCUT2D eigenvalue weighted by Gasteiger charge is -2.42. The number of hydrogen-bond donors (Lipinski definition) is 0. The van der Waals surface area contributed by atoms with Gasteiger partial charge in [-0.05, 0) is 158 Å². The Labute approximate surface area is 339 Å². The van der Waals surface area contributed by atoms with Gasteiger partial charge in [0.25, 0.3) is 0 Å². The molecule has 7 aromatic rings. The minimum absolute atomic E-state index is 0.124. The molecule has 10 rings (SSSR count). The maximum atomic E-state index is 6.82. The summed E-state index contributed by atoms with van der Waals surface area (Å²) >= 11 is 0. The Morgan fingerprint density at radius 2 is 0.877 bits per heavy atom. The van der Waals surface area contributed by atoms with Crippen LogP contribution >= 0.6 is 0 Å². The van der Waals surface area contributed by atoms with Gasteiger partial charge in [0.1, 0.15) is 11.2 Å². The van der Waals surface area contributed by atoms with Crippen LogP contribution in [-0.2, 0) is 27.1 Å². The molecular weight excluding hydrogens is 691 g/mol. The summed E-state index contributed by atoms with van der Waals surface area (Å²) in [6.07, 6.45) is 4.81. The molecule has 0 saturated carbocycles. The zero-order chi connectivity index (χ0) is 39.9. The van der Waals surface area contributed by atoms with Gasteiger partial charge >= 0.3 is 0 Å². The lowest BCUT2D eigenvalue weighted by molar-refractivity contribution is 0.331. The van der Waals surface area contributed by atoms with Gasteiger partial charge in [0, 0.05) is 39.3 Å². The summed E-state index contributed by atoms with van der Waals surface area (Å²) < 4.78 is 6.82. The van der Waals surface area contributed by atoms with Crippen LogP contribution in [0, 0.1) is 0 Å². The van der Waals surface area contributed by atoms with Crippen LogP contribution < -0.4 is 4.90 Å². The van der Waals surface area contributed by atoms with Gasteiger partial charge in [0.15, 0.2) is 0 Å². The molecule has 0 amide bonds. The minimum Gasteiger partial charge on any atom is -0.456 e. The molecule has 1 aromatic heterocycles. The van der Waals surface area contributed by atoms with Gasteiger partial charge in [0.05, 0.1) is 0 Å². The Bertz CT molecular complexity index is 2750. The summed E-state index contributed by atoms with van der Waals surface area (Å²) in [5, 5.41) is 2.39. The monoisotopic (exact) mass is 747 g/mol. The van der Waals surface area contributed by atoms with Crippen LogP contribution in [-0.4, -0.2) is 0 Å². The molecule has 0 atom stereocenters. The van der Waals surface area contributed by atoms with Crippen molar-refractivity contribution in [3.05, 3.63) is 149 Å². The van der Waals surface area contributed by atoms with Gasteiger partial charge in [-0.3, -0.25) is 0 Å². The molecule has 0 bridgehead atoms. The molecule has 57 heavy (non-hydrogen) atoms. The fourth-order valence-electron chi connectivity index (χ4n) is 10.8. The summed E-state index contributed by atoms with van der Waals surface area (Å²) in [6.45, 7) is 24.2. The third kappa shape index (κ3) is 5.49. The topological polar surface area (TPSA) is 16.4 Å². The molecule has 1 heterocycles. The first-order chi connectivity index (χ1) is 26.9. The van der Waals surface area contributed by atoms with E-state index in [1.54, 1.807) is 0 Å². The van der Waals surface area contributed by atoms with Crippen LogP contribution in [0.15, 0.2) is 120 Å². The molecule has 2 heteroatoms. The SMILES string of the molecule is CC1(C)CCC(C)(C)c2cc3c(cc21)-c1ccc(N(c2ccc(-c4ccccc4)cc2)c2ccc4c(c2)oc2cc5c(cc24)C(C)(C)CCC5(C)C)cc1C3(C)C. The van der Waals surface area contributed by atoms with Crippen LogP contribution in [0.1, 0.15) is 128 Å². The lowest BCUT2D eigenvalue weighted by atomic mass is 9.62. The van der Waals surface area contributed by atoms with E-state index in [0.29, 0.717) is 0 Å². The molecule has 0 unspecified atom stereocenters. The van der Waals surface area contributed by atoms with E-state index in [9.17, 15) is 0 Å². The summed E-state index contributed by atoms with van der Waals surface area (Å²) in [5.74, 6) is 0. The third-order valence-corrected chi connectivity index (χ3v) is 14.8. The van der Waals surface area contributed by atoms with E-state index in [-0.39, 0.29) is 27.1 Å². The van der Waals surface area contributed by atoms with Crippen molar-refractivity contribution in [2.45, 2.75) is 122 Å². The Hall–Kier alpha value is -5.08. The number of rotatable bonds is 4. The van der Waals surface area contributed by atoms with Gasteiger partial charge in [-0.2, -0.15) is 0 Å². The molecule has 2 nitrogen and oxygen atoms in total. The van der Waals surface area contributed by atoms with E-state index >= 15 is 0 Å². The van der Waals surface area contributed by atoms with Crippen molar-refractivity contribution in [1.82, 2.24) is 0 Å². The van der Waals surface area contributed by atoms with E-state index in [2.05, 4.69) is 189 Å². The van der Waals surface area contributed by atoms with E-state index in [0.717, 1.165) is 28.2 Å². The van der Waals surface area contributed by atoms with Crippen molar-refractivity contribution in [1.29, 1.82) is 0 Å². The van der Waals surface area contributed by atoms with Crippen molar-refractivity contribution in [2.24, 2.45) is 0 Å². The van der Waals surface area contributed by atoms with Crippen LogP contribution in [0.4, 0.5) is 17.1 Å². The van der Waals surface area contributed by atoms with E-state index < -0.39 is 0 Å². The van der Waals surface area contributed by atoms with Crippen LogP contribution in [0.3, 0.4) is 0 Å². The predicted molar refractivity (Wildman–Crippen MR) is 242 cm³/mol. The van der Waals surface area contributed by atoms with Gasteiger partial charge in [0.2, 0.25) is 0 Å². The molecule has 0 aliphatic heterocycles. The maximum Gasteiger partial charge on any atom is 0.137 e. The molecule has 0 saturated heterocycles. The van der Waals surface area contributed by atoms with Crippen molar-refractivity contribution >= 4 is 39.0 Å². The molecular formula is C55H57NO. The fourth-order valence-corrected chi connectivity index (χ4v) is 10.8. The normalized spacial score (nSPS) is 19.1. The molecule has 6 aromatic carbocycles. The van der Waals surface area contributed by atoms with Crippen molar-refractivity contribution in [3.8, 4) is 22.3 Å². The highest BCUT2D eigenvalue weighted by Crippen LogP contribution is 2.56. The zero-order valence-electron chi connectivity index (χ0n) is 35.7. The van der Waals surface area contributed by atoms with Crippen molar-refractivity contribution in [3.63, 3.8) is 0 Å². The highest BCUT2D eigenvalue weighted by Gasteiger charge is 2.43. The highest BCUT2D eigenvalue weighted by molar-refractivity contribution is 6.07. The van der Waals surface area contributed by atoms with Gasteiger partial charge < -0.3 is 9.32 Å². The summed E-state index contributed by atoms with van der Waals surface area (Å²) in [7, 11) is 0. The molecule has 0 fully saturated rings. The number of nitrogens with zero attached hydrogens (tertiary/aromatic N) is 1. The molecule has 3 aliphatic carbocycles. The van der Waals surface area contributed by atoms with Gasteiger partial charge in [-0.25, -0.2) is 0 Å². The second kappa shape index (κ2) is 12.0. The van der Waals surface area contributed by atoms with Crippen LogP contribution in [0.25, 0.3) is 44.2 Å². The minimum atomic E-state index is -0.139. The van der Waals surface area contributed by atoms with E-state index in [1.165, 1.54) is 92.1 Å². The Morgan fingerprint density at radius 3 is 1.53 bits per heavy atom. The molecule has 3 aliphatic rings. The summed E-state index contributed by atoms with van der Waals surface area (Å²) in [6, 6.07) is 43.7. The first kappa shape index (κ1) is 36.3. The molecule has 0 N–H and O–H groups in total. The fraction of sp³-hybridized carbons (Fsp3) is 0.345. The average Bonchev–Trinajstić information content (AvgIpc) is 3.65. The van der Waals surface area contributed by atoms with Gasteiger partial charge in [-0.15, -0.1) is 0 Å². The second-order valence-corrected chi connectivity index (χ2v) is 20.8. The zero-order valence-corrected chi connectivity index (χ0v) is 35.7. The van der Waals surface area contributed by atoms with Crippen molar-refractivity contribution < 1.29 is 4.42 Å². The number of furan rings is 1. The van der Waals surface area contributed by atoms with Crippen molar-refractivity contribution in [2.75, 3.05) is 4.90 Å². The Balaban J connectivity index is 1.13. The number of anilines is 3. The first-order valence-electron chi connectivity index (χ1n) is 21.3. The van der Waals surface area contributed by atoms with Crippen LogP contribution in [0.2, 0.25) is 0 Å². The second-order valence-electron chi connectivity index (χ2n) is 20.8. The third-order valence-electron chi connectivity index (χ3n) is 14.8. The summed E-state index contributed by atoms with van der Waals surface area (Å²) in [5.41, 5.74) is 19.7. The van der Waals surface area contributed by atoms with E-state index in [1.807, 2.05) is 0 Å². The maximum absolute atomic E-state index is 6.82. The first-order valence-corrected chi connectivity index (χ1v) is 21.3. The lowest BCUT2D eigenvalue weighted by Crippen LogP contribution is -2.34. The smallest absolute Gasteiger partial charge is 0.137 e. The number of fused-ring (bicyclic) bond motifs is 8. The molecule has 288 valence electrons. The largest absolute Gasteiger partial charge is 0.456 e. The predicted octanol–water partition coefficient (Wildman–Crippen LogP) is 15.7.